The van der Waals surface area contributed by atoms with E-state index >= 15 is 0 Å². The van der Waals surface area contributed by atoms with E-state index in [-0.39, 0.29) is 12.8 Å². The molecule has 1 fully saturated rings. The van der Waals surface area contributed by atoms with E-state index in [4.69, 9.17) is 0 Å². The number of carbonyl (C=O) groups excluding carboxylic acids is 1. The van der Waals surface area contributed by atoms with Crippen molar-refractivity contribution in [3.05, 3.63) is 0 Å². The van der Waals surface area contributed by atoms with Gasteiger partial charge in [-0.2, -0.15) is 30.7 Å². The Hall–Kier alpha value is -1.02. The van der Waals surface area contributed by atoms with Crippen molar-refractivity contribution in [3.63, 3.8) is 0 Å². The molecule has 0 aromatic carbocycles. The molecule has 0 N–H and O–H groups in total. The molecule has 0 saturated carbocycles. The molecule has 0 bridgehead atoms. The van der Waals surface area contributed by atoms with Gasteiger partial charge >= 0.3 is 23.9 Å². The first kappa shape index (κ1) is 16.0. The van der Waals surface area contributed by atoms with Crippen LogP contribution in [0.5, 0.6) is 0 Å². The maximum absolute atomic E-state index is 13.2. The van der Waals surface area contributed by atoms with Crippen molar-refractivity contribution in [2.45, 2.75) is 56.8 Å². The van der Waals surface area contributed by atoms with Gasteiger partial charge in [-0.25, -0.2) is 0 Å². The summed E-state index contributed by atoms with van der Waals surface area (Å²) in [6.45, 7) is 2.65. The third kappa shape index (κ3) is 2.38. The Morgan fingerprint density at radius 2 is 1.32 bits per heavy atom. The SMILES string of the molecule is CC1CCC(C)N1C(=O)C(F)(F)C(F)(F)C(F)(F)F. The Balaban J connectivity index is 3.10. The molecule has 1 aliphatic rings. The molecular formula is C10H12F7NO. The maximum Gasteiger partial charge on any atom is 0.460 e. The van der Waals surface area contributed by atoms with Crippen molar-refractivity contribution in [2.75, 3.05) is 0 Å². The highest BCUT2D eigenvalue weighted by Crippen LogP contribution is 2.48. The minimum absolute atomic E-state index is 0.278. The van der Waals surface area contributed by atoms with E-state index in [0.29, 0.717) is 4.90 Å². The number of nitrogens with zero attached hydrogens (tertiary/aromatic N) is 1. The summed E-state index contributed by atoms with van der Waals surface area (Å²) in [7, 11) is 0. The Bertz CT molecular complexity index is 355. The highest BCUT2D eigenvalue weighted by molar-refractivity contribution is 5.85. The third-order valence-corrected chi connectivity index (χ3v) is 3.21. The molecule has 2 nitrogen and oxygen atoms in total. The molecule has 1 heterocycles. The van der Waals surface area contributed by atoms with Gasteiger partial charge in [-0.1, -0.05) is 0 Å². The highest BCUT2D eigenvalue weighted by atomic mass is 19.4. The Morgan fingerprint density at radius 1 is 0.947 bits per heavy atom. The minimum atomic E-state index is -6.49. The highest BCUT2D eigenvalue weighted by Gasteiger charge is 2.77. The second-order valence-electron chi connectivity index (χ2n) is 4.63. The van der Waals surface area contributed by atoms with Gasteiger partial charge in [0.05, 0.1) is 0 Å². The zero-order valence-electron chi connectivity index (χ0n) is 10.1. The molecule has 1 rings (SSSR count). The Morgan fingerprint density at radius 3 is 1.63 bits per heavy atom. The molecule has 2 unspecified atom stereocenters. The van der Waals surface area contributed by atoms with Crippen LogP contribution in [0, 0.1) is 0 Å². The van der Waals surface area contributed by atoms with E-state index < -0.39 is 36.0 Å². The fourth-order valence-electron chi connectivity index (χ4n) is 2.07. The first-order valence-corrected chi connectivity index (χ1v) is 5.49. The van der Waals surface area contributed by atoms with Crippen LogP contribution in [0.25, 0.3) is 0 Å². The Kier molecular flexibility index (Phi) is 3.81. The molecule has 1 aliphatic heterocycles. The molecule has 9 heteroatoms. The van der Waals surface area contributed by atoms with E-state index in [9.17, 15) is 35.5 Å². The van der Waals surface area contributed by atoms with E-state index in [1.54, 1.807) is 0 Å². The average Bonchev–Trinajstić information content (AvgIpc) is 2.55. The molecule has 0 aromatic heterocycles. The van der Waals surface area contributed by atoms with Gasteiger partial charge in [-0.3, -0.25) is 4.79 Å². The van der Waals surface area contributed by atoms with Gasteiger partial charge in [-0.05, 0) is 26.7 Å². The van der Waals surface area contributed by atoms with Gasteiger partial charge in [0.1, 0.15) is 0 Å². The number of amides is 1. The number of halogens is 7. The summed E-state index contributed by atoms with van der Waals surface area (Å²) >= 11 is 0. The number of alkyl halides is 7. The van der Waals surface area contributed by atoms with Gasteiger partial charge in [0.25, 0.3) is 0 Å². The van der Waals surface area contributed by atoms with Gasteiger partial charge < -0.3 is 4.90 Å². The standard InChI is InChI=1S/C10H12F7NO/c1-5-3-4-6(2)18(5)7(19)8(11,12)9(13,14)10(15,16)17/h5-6H,3-4H2,1-2H3. The molecule has 0 aliphatic carbocycles. The van der Waals surface area contributed by atoms with Crippen LogP contribution in [0.15, 0.2) is 0 Å². The topological polar surface area (TPSA) is 20.3 Å². The van der Waals surface area contributed by atoms with Crippen LogP contribution in [0.2, 0.25) is 0 Å². The zero-order valence-corrected chi connectivity index (χ0v) is 10.1. The van der Waals surface area contributed by atoms with Crippen molar-refractivity contribution in [1.29, 1.82) is 0 Å². The maximum atomic E-state index is 13.2. The summed E-state index contributed by atoms with van der Waals surface area (Å²) in [5.74, 6) is -14.7. The first-order valence-electron chi connectivity index (χ1n) is 5.49. The molecule has 0 aromatic rings. The largest absolute Gasteiger partial charge is 0.460 e. The fourth-order valence-corrected chi connectivity index (χ4v) is 2.07. The molecule has 112 valence electrons. The number of hydrogen-bond acceptors (Lipinski definition) is 1. The summed E-state index contributed by atoms with van der Waals surface area (Å²) in [6, 6.07) is -1.59. The smallest absolute Gasteiger partial charge is 0.332 e. The fraction of sp³-hybridized carbons (Fsp3) is 0.900. The lowest BCUT2D eigenvalue weighted by atomic mass is 10.1. The second-order valence-corrected chi connectivity index (χ2v) is 4.63. The van der Waals surface area contributed by atoms with Crippen molar-refractivity contribution < 1.29 is 35.5 Å². The summed E-state index contributed by atoms with van der Waals surface area (Å²) in [5, 5.41) is 0. The molecule has 0 spiro atoms. The lowest BCUT2D eigenvalue weighted by Crippen LogP contribution is -2.61. The van der Waals surface area contributed by atoms with Gasteiger partial charge in [0.15, 0.2) is 0 Å². The quantitative estimate of drug-likeness (QED) is 0.716. The number of carbonyl (C=O) groups is 1. The molecule has 1 amide bonds. The Labute approximate surface area is 104 Å². The van der Waals surface area contributed by atoms with Crippen LogP contribution in [0.4, 0.5) is 30.7 Å². The van der Waals surface area contributed by atoms with E-state index in [1.165, 1.54) is 13.8 Å². The minimum Gasteiger partial charge on any atom is -0.332 e. The van der Waals surface area contributed by atoms with Crippen LogP contribution in [-0.2, 0) is 4.79 Å². The third-order valence-electron chi connectivity index (χ3n) is 3.21. The lowest BCUT2D eigenvalue weighted by molar-refractivity contribution is -0.346. The summed E-state index contributed by atoms with van der Waals surface area (Å²) in [6.07, 6.45) is -5.93. The first-order chi connectivity index (χ1) is 8.34. The van der Waals surface area contributed by atoms with Crippen molar-refractivity contribution >= 4 is 5.91 Å². The summed E-state index contributed by atoms with van der Waals surface area (Å²) < 4.78 is 87.9. The summed E-state index contributed by atoms with van der Waals surface area (Å²) in [4.78, 5) is 11.8. The van der Waals surface area contributed by atoms with Gasteiger partial charge in [0.2, 0.25) is 0 Å². The molecule has 0 radical (unpaired) electrons. The van der Waals surface area contributed by atoms with Crippen molar-refractivity contribution in [1.82, 2.24) is 4.90 Å². The second kappa shape index (κ2) is 4.52. The van der Waals surface area contributed by atoms with Crippen LogP contribution in [0.1, 0.15) is 26.7 Å². The monoisotopic (exact) mass is 295 g/mol. The lowest BCUT2D eigenvalue weighted by Gasteiger charge is -2.34. The number of rotatable bonds is 2. The van der Waals surface area contributed by atoms with Crippen molar-refractivity contribution in [3.8, 4) is 0 Å². The normalized spacial score (nSPS) is 25.8. The van der Waals surface area contributed by atoms with E-state index in [1.807, 2.05) is 0 Å². The van der Waals surface area contributed by atoms with Crippen LogP contribution in [-0.4, -0.2) is 40.9 Å². The summed E-state index contributed by atoms with van der Waals surface area (Å²) in [5.41, 5.74) is 0. The zero-order chi connectivity index (χ0) is 15.2. The molecule has 2 atom stereocenters. The van der Waals surface area contributed by atoms with E-state index in [2.05, 4.69) is 0 Å². The van der Waals surface area contributed by atoms with Gasteiger partial charge in [-0.15, -0.1) is 0 Å². The molecular weight excluding hydrogens is 283 g/mol. The molecule has 19 heavy (non-hydrogen) atoms. The number of likely N-dealkylation sites (tertiary alicyclic amines) is 1. The molecule has 1 saturated heterocycles. The van der Waals surface area contributed by atoms with Crippen LogP contribution < -0.4 is 0 Å². The van der Waals surface area contributed by atoms with Crippen LogP contribution >= 0.6 is 0 Å². The van der Waals surface area contributed by atoms with Gasteiger partial charge in [0, 0.05) is 12.1 Å². The van der Waals surface area contributed by atoms with Crippen molar-refractivity contribution in [2.24, 2.45) is 0 Å². The van der Waals surface area contributed by atoms with E-state index in [0.717, 1.165) is 0 Å². The predicted molar refractivity (Wildman–Crippen MR) is 51.0 cm³/mol. The predicted octanol–water partition coefficient (Wildman–Crippen LogP) is 3.22. The average molecular weight is 295 g/mol. The number of hydrogen-bond donors (Lipinski definition) is 0. The van der Waals surface area contributed by atoms with Crippen LogP contribution in [0.3, 0.4) is 0 Å².